The summed E-state index contributed by atoms with van der Waals surface area (Å²) < 4.78 is 5.10. The lowest BCUT2D eigenvalue weighted by molar-refractivity contribution is -0.147. The van der Waals surface area contributed by atoms with Gasteiger partial charge in [0.05, 0.1) is 6.42 Å². The molecule has 86 valence electrons. The van der Waals surface area contributed by atoms with E-state index in [1.165, 1.54) is 4.90 Å². The molecule has 0 N–H and O–H groups in total. The molecule has 0 saturated carbocycles. The van der Waals surface area contributed by atoms with Crippen LogP contribution in [-0.2, 0) is 14.3 Å². The van der Waals surface area contributed by atoms with Gasteiger partial charge in [0, 0.05) is 19.7 Å². The zero-order chi connectivity index (χ0) is 12.0. The van der Waals surface area contributed by atoms with Crippen molar-refractivity contribution in [3.63, 3.8) is 0 Å². The van der Waals surface area contributed by atoms with Crippen LogP contribution < -0.4 is 0 Å². The van der Waals surface area contributed by atoms with Gasteiger partial charge in [-0.15, -0.1) is 0 Å². The van der Waals surface area contributed by atoms with Gasteiger partial charge in [0.15, 0.2) is 0 Å². The fraction of sp³-hybridized carbons (Fsp3) is 0.636. The third-order valence-electron chi connectivity index (χ3n) is 1.98. The quantitative estimate of drug-likeness (QED) is 0.511. The van der Waals surface area contributed by atoms with Crippen molar-refractivity contribution in [2.45, 2.75) is 32.8 Å². The molecule has 1 amide bonds. The van der Waals surface area contributed by atoms with E-state index in [9.17, 15) is 9.59 Å². The molecule has 0 saturated heterocycles. The van der Waals surface area contributed by atoms with Crippen LogP contribution in [0.5, 0.6) is 0 Å². The Bertz CT molecular complexity index is 259. The molecule has 0 rings (SSSR count). The maximum absolute atomic E-state index is 11.4. The lowest BCUT2D eigenvalue weighted by Crippen LogP contribution is -2.28. The first kappa shape index (κ1) is 13.7. The number of ether oxygens (including phenoxy) is 1. The summed E-state index contributed by atoms with van der Waals surface area (Å²) in [6, 6.07) is 0. The molecule has 0 heterocycles. The Morgan fingerprint density at radius 1 is 1.40 bits per heavy atom. The molecule has 0 aromatic rings. The number of hydrogen-bond donors (Lipinski definition) is 0. The summed E-state index contributed by atoms with van der Waals surface area (Å²) in [5.41, 5.74) is 0.353. The van der Waals surface area contributed by atoms with Crippen molar-refractivity contribution in [3.8, 4) is 0 Å². The van der Waals surface area contributed by atoms with E-state index in [1.54, 1.807) is 21.0 Å². The molecule has 4 nitrogen and oxygen atoms in total. The molecule has 4 heteroatoms. The molecule has 1 atom stereocenters. The molecule has 0 bridgehead atoms. The summed E-state index contributed by atoms with van der Waals surface area (Å²) in [7, 11) is 3.35. The lowest BCUT2D eigenvalue weighted by Gasteiger charge is -2.18. The summed E-state index contributed by atoms with van der Waals surface area (Å²) in [5.74, 6) is -0.482. The van der Waals surface area contributed by atoms with E-state index in [2.05, 4.69) is 6.58 Å². The minimum Gasteiger partial charge on any atom is -0.459 e. The van der Waals surface area contributed by atoms with E-state index in [0.717, 1.165) is 0 Å². The van der Waals surface area contributed by atoms with Crippen LogP contribution in [0.3, 0.4) is 0 Å². The van der Waals surface area contributed by atoms with Gasteiger partial charge in [0.1, 0.15) is 6.10 Å². The summed E-state index contributed by atoms with van der Waals surface area (Å²) in [6.45, 7) is 6.95. The van der Waals surface area contributed by atoms with Gasteiger partial charge in [-0.2, -0.15) is 0 Å². The Balaban J connectivity index is 4.21. The Hall–Kier alpha value is -1.32. The highest BCUT2D eigenvalue weighted by Crippen LogP contribution is 2.08. The molecule has 0 aliphatic carbocycles. The van der Waals surface area contributed by atoms with Gasteiger partial charge in [-0.25, -0.2) is 4.79 Å². The van der Waals surface area contributed by atoms with Gasteiger partial charge in [-0.1, -0.05) is 13.5 Å². The van der Waals surface area contributed by atoms with Crippen LogP contribution in [0.25, 0.3) is 0 Å². The second-order valence-corrected chi connectivity index (χ2v) is 3.71. The van der Waals surface area contributed by atoms with Crippen LogP contribution in [0.1, 0.15) is 26.7 Å². The maximum Gasteiger partial charge on any atom is 0.333 e. The molecule has 0 aliphatic rings. The minimum atomic E-state index is -0.437. The van der Waals surface area contributed by atoms with Crippen molar-refractivity contribution in [2.75, 3.05) is 14.1 Å². The molecular formula is C11H19NO3. The van der Waals surface area contributed by atoms with Gasteiger partial charge in [0.2, 0.25) is 5.91 Å². The summed E-state index contributed by atoms with van der Waals surface area (Å²) in [4.78, 5) is 24.1. The molecular weight excluding hydrogens is 194 g/mol. The van der Waals surface area contributed by atoms with Gasteiger partial charge < -0.3 is 9.64 Å². The second kappa shape index (κ2) is 6.22. The third kappa shape index (κ3) is 5.20. The summed E-state index contributed by atoms with van der Waals surface area (Å²) in [5, 5.41) is 0. The smallest absolute Gasteiger partial charge is 0.333 e. The van der Waals surface area contributed by atoms with E-state index >= 15 is 0 Å². The number of esters is 1. The van der Waals surface area contributed by atoms with Crippen LogP contribution in [0.4, 0.5) is 0 Å². The summed E-state index contributed by atoms with van der Waals surface area (Å²) >= 11 is 0. The van der Waals surface area contributed by atoms with Crippen LogP contribution in [-0.4, -0.2) is 37.0 Å². The molecule has 0 aliphatic heterocycles. The van der Waals surface area contributed by atoms with E-state index < -0.39 is 5.97 Å². The number of hydrogen-bond acceptors (Lipinski definition) is 3. The van der Waals surface area contributed by atoms with Crippen molar-refractivity contribution in [2.24, 2.45) is 0 Å². The molecule has 0 radical (unpaired) electrons. The van der Waals surface area contributed by atoms with Crippen molar-refractivity contribution >= 4 is 11.9 Å². The van der Waals surface area contributed by atoms with Crippen LogP contribution >= 0.6 is 0 Å². The number of amides is 1. The number of rotatable bonds is 5. The van der Waals surface area contributed by atoms with Crippen LogP contribution in [0, 0.1) is 0 Å². The largest absolute Gasteiger partial charge is 0.459 e. The average molecular weight is 213 g/mol. The normalized spacial score (nSPS) is 11.7. The topological polar surface area (TPSA) is 46.6 Å². The predicted molar refractivity (Wildman–Crippen MR) is 58.3 cm³/mol. The average Bonchev–Trinajstić information content (AvgIpc) is 2.15. The SMILES string of the molecule is C=C(C)C(=O)OC(CC)CC(=O)N(C)C. The van der Waals surface area contributed by atoms with Crippen LogP contribution in [0.2, 0.25) is 0 Å². The van der Waals surface area contributed by atoms with E-state index in [1.807, 2.05) is 6.92 Å². The highest BCUT2D eigenvalue weighted by molar-refractivity contribution is 5.87. The molecule has 1 unspecified atom stereocenters. The monoisotopic (exact) mass is 213 g/mol. The molecule has 0 fully saturated rings. The van der Waals surface area contributed by atoms with Crippen LogP contribution in [0.15, 0.2) is 12.2 Å². The standard InChI is InChI=1S/C11H19NO3/c1-6-9(7-10(13)12(4)5)15-11(14)8(2)3/h9H,2,6-7H2,1,3-5H3. The highest BCUT2D eigenvalue weighted by atomic mass is 16.5. The predicted octanol–water partition coefficient (Wildman–Crippen LogP) is 1.36. The number of nitrogens with zero attached hydrogens (tertiary/aromatic N) is 1. The third-order valence-corrected chi connectivity index (χ3v) is 1.98. The Labute approximate surface area is 90.9 Å². The van der Waals surface area contributed by atoms with Gasteiger partial charge in [-0.3, -0.25) is 4.79 Å². The maximum atomic E-state index is 11.4. The van der Waals surface area contributed by atoms with Gasteiger partial charge in [0.25, 0.3) is 0 Å². The van der Waals surface area contributed by atoms with Crippen molar-refractivity contribution in [1.29, 1.82) is 0 Å². The zero-order valence-electron chi connectivity index (χ0n) is 9.87. The lowest BCUT2D eigenvalue weighted by atomic mass is 10.2. The van der Waals surface area contributed by atoms with Crippen molar-refractivity contribution in [1.82, 2.24) is 4.90 Å². The number of carbonyl (C=O) groups excluding carboxylic acids is 2. The fourth-order valence-electron chi connectivity index (χ4n) is 0.899. The van der Waals surface area contributed by atoms with E-state index in [-0.39, 0.29) is 18.4 Å². The first-order valence-electron chi connectivity index (χ1n) is 4.95. The first-order valence-corrected chi connectivity index (χ1v) is 4.95. The van der Waals surface area contributed by atoms with Crippen molar-refractivity contribution in [3.05, 3.63) is 12.2 Å². The Kier molecular flexibility index (Phi) is 5.67. The molecule has 15 heavy (non-hydrogen) atoms. The second-order valence-electron chi connectivity index (χ2n) is 3.71. The van der Waals surface area contributed by atoms with Gasteiger partial charge >= 0.3 is 5.97 Å². The fourth-order valence-corrected chi connectivity index (χ4v) is 0.899. The van der Waals surface area contributed by atoms with Crippen molar-refractivity contribution < 1.29 is 14.3 Å². The summed E-state index contributed by atoms with van der Waals surface area (Å²) in [6.07, 6.45) is 0.491. The molecule has 0 aromatic carbocycles. The van der Waals surface area contributed by atoms with Gasteiger partial charge in [-0.05, 0) is 13.3 Å². The highest BCUT2D eigenvalue weighted by Gasteiger charge is 2.17. The minimum absolute atomic E-state index is 0.0450. The van der Waals surface area contributed by atoms with E-state index in [4.69, 9.17) is 4.74 Å². The Morgan fingerprint density at radius 3 is 2.27 bits per heavy atom. The Morgan fingerprint density at radius 2 is 1.93 bits per heavy atom. The number of carbonyl (C=O) groups is 2. The first-order chi connectivity index (χ1) is 6.88. The van der Waals surface area contributed by atoms with E-state index in [0.29, 0.717) is 12.0 Å². The zero-order valence-corrected chi connectivity index (χ0v) is 9.87. The molecule has 0 aromatic heterocycles. The molecule has 0 spiro atoms.